The van der Waals surface area contributed by atoms with Gasteiger partial charge in [-0.2, -0.15) is 0 Å². The molecule has 2 saturated carbocycles. The molecule has 0 radical (unpaired) electrons. The van der Waals surface area contributed by atoms with E-state index >= 15 is 0 Å². The van der Waals surface area contributed by atoms with Crippen LogP contribution in [0.3, 0.4) is 0 Å². The first-order valence-corrected chi connectivity index (χ1v) is 8.10. The first-order chi connectivity index (χ1) is 8.74. The molecule has 104 valence electrons. The van der Waals surface area contributed by atoms with Crippen molar-refractivity contribution in [1.29, 1.82) is 0 Å². The highest BCUT2D eigenvalue weighted by Crippen LogP contribution is 2.48. The zero-order valence-corrected chi connectivity index (χ0v) is 12.1. The summed E-state index contributed by atoms with van der Waals surface area (Å²) in [5.41, 5.74) is 0.362. The highest BCUT2D eigenvalue weighted by molar-refractivity contribution is 6.17. The molecule has 0 heterocycles. The van der Waals surface area contributed by atoms with Crippen LogP contribution in [-0.4, -0.2) is 18.3 Å². The lowest BCUT2D eigenvalue weighted by Crippen LogP contribution is -2.31. The van der Waals surface area contributed by atoms with Crippen molar-refractivity contribution in [2.45, 2.75) is 64.2 Å². The smallest absolute Gasteiger partial charge is 0.220 e. The topological polar surface area (TPSA) is 29.1 Å². The maximum Gasteiger partial charge on any atom is 0.220 e. The molecule has 2 rings (SSSR count). The van der Waals surface area contributed by atoms with Crippen LogP contribution >= 0.6 is 11.6 Å². The molecule has 1 N–H and O–H groups in total. The zero-order chi connectivity index (χ0) is 12.8. The lowest BCUT2D eigenvalue weighted by atomic mass is 9.96. The van der Waals surface area contributed by atoms with Crippen LogP contribution in [0.4, 0.5) is 0 Å². The molecule has 2 aliphatic carbocycles. The molecule has 0 saturated heterocycles. The summed E-state index contributed by atoms with van der Waals surface area (Å²) >= 11 is 5.80. The summed E-state index contributed by atoms with van der Waals surface area (Å²) in [6.07, 6.45) is 12.1. The number of halogens is 1. The number of rotatable bonds is 6. The van der Waals surface area contributed by atoms with Crippen molar-refractivity contribution < 1.29 is 4.79 Å². The highest BCUT2D eigenvalue weighted by Gasteiger charge is 2.41. The number of alkyl halides is 1. The van der Waals surface area contributed by atoms with E-state index in [2.05, 4.69) is 5.32 Å². The summed E-state index contributed by atoms with van der Waals surface area (Å²) in [4.78, 5) is 12.0. The third-order valence-electron chi connectivity index (χ3n) is 4.69. The Labute approximate surface area is 116 Å². The van der Waals surface area contributed by atoms with Gasteiger partial charge in [-0.25, -0.2) is 0 Å². The first-order valence-electron chi connectivity index (χ1n) is 7.57. The molecule has 2 nitrogen and oxygen atoms in total. The third-order valence-corrected chi connectivity index (χ3v) is 4.88. The number of hydrogen-bond acceptors (Lipinski definition) is 1. The summed E-state index contributed by atoms with van der Waals surface area (Å²) in [5, 5.41) is 3.14. The normalized spacial score (nSPS) is 23.4. The van der Waals surface area contributed by atoms with E-state index < -0.39 is 0 Å². The fraction of sp³-hybridized carbons (Fsp3) is 0.933. The average Bonchev–Trinajstić information content (AvgIpc) is 3.13. The molecule has 0 aromatic heterocycles. The number of amides is 1. The van der Waals surface area contributed by atoms with Crippen LogP contribution in [0.2, 0.25) is 0 Å². The molecule has 2 fully saturated rings. The van der Waals surface area contributed by atoms with Gasteiger partial charge in [0.25, 0.3) is 0 Å². The molecular formula is C15H26ClNO. The molecule has 0 spiro atoms. The third kappa shape index (κ3) is 4.46. The predicted molar refractivity (Wildman–Crippen MR) is 75.8 cm³/mol. The van der Waals surface area contributed by atoms with Crippen molar-refractivity contribution in [3.8, 4) is 0 Å². The molecule has 0 aromatic carbocycles. The lowest BCUT2D eigenvalue weighted by Gasteiger charge is -2.17. The van der Waals surface area contributed by atoms with E-state index in [4.69, 9.17) is 11.6 Å². The minimum Gasteiger partial charge on any atom is -0.356 e. The lowest BCUT2D eigenvalue weighted by molar-refractivity contribution is -0.122. The van der Waals surface area contributed by atoms with Crippen LogP contribution in [0.5, 0.6) is 0 Å². The second-order valence-corrected chi connectivity index (χ2v) is 6.66. The molecular weight excluding hydrogens is 246 g/mol. The number of carbonyl (C=O) groups excluding carboxylic acids is 1. The van der Waals surface area contributed by atoms with Gasteiger partial charge in [0, 0.05) is 18.8 Å². The van der Waals surface area contributed by atoms with Gasteiger partial charge in [-0.1, -0.05) is 25.7 Å². The Morgan fingerprint density at radius 1 is 1.17 bits per heavy atom. The summed E-state index contributed by atoms with van der Waals surface area (Å²) in [6.45, 7) is 0.852. The average molecular weight is 272 g/mol. The monoisotopic (exact) mass is 271 g/mol. The Morgan fingerprint density at radius 3 is 2.39 bits per heavy atom. The van der Waals surface area contributed by atoms with E-state index in [1.165, 1.54) is 51.4 Å². The Kier molecular flexibility index (Phi) is 5.35. The van der Waals surface area contributed by atoms with Gasteiger partial charge in [-0.15, -0.1) is 11.6 Å². The van der Waals surface area contributed by atoms with Crippen molar-refractivity contribution in [1.82, 2.24) is 5.32 Å². The van der Waals surface area contributed by atoms with Gasteiger partial charge in [0.1, 0.15) is 0 Å². The molecule has 1 amide bonds. The van der Waals surface area contributed by atoms with Gasteiger partial charge in [0.2, 0.25) is 5.91 Å². The van der Waals surface area contributed by atoms with Gasteiger partial charge in [-0.3, -0.25) is 4.79 Å². The summed E-state index contributed by atoms with van der Waals surface area (Å²) in [5.74, 6) is 1.62. The zero-order valence-electron chi connectivity index (χ0n) is 11.3. The number of nitrogens with one attached hydrogen (secondary N) is 1. The Hall–Kier alpha value is -0.240. The minimum absolute atomic E-state index is 0.266. The molecule has 2 aliphatic rings. The van der Waals surface area contributed by atoms with Crippen molar-refractivity contribution >= 4 is 17.5 Å². The summed E-state index contributed by atoms with van der Waals surface area (Å²) < 4.78 is 0. The van der Waals surface area contributed by atoms with Crippen LogP contribution in [-0.2, 0) is 4.79 Å². The van der Waals surface area contributed by atoms with Crippen LogP contribution in [0.1, 0.15) is 64.2 Å². The van der Waals surface area contributed by atoms with Gasteiger partial charge in [-0.05, 0) is 43.4 Å². The van der Waals surface area contributed by atoms with Gasteiger partial charge in [0.15, 0.2) is 0 Å². The van der Waals surface area contributed by atoms with Gasteiger partial charge >= 0.3 is 0 Å². The molecule has 18 heavy (non-hydrogen) atoms. The van der Waals surface area contributed by atoms with Crippen LogP contribution in [0.25, 0.3) is 0 Å². The van der Waals surface area contributed by atoms with Crippen molar-refractivity contribution in [2.75, 3.05) is 12.4 Å². The molecule has 0 bridgehead atoms. The van der Waals surface area contributed by atoms with Gasteiger partial charge < -0.3 is 5.32 Å². The second-order valence-electron chi connectivity index (χ2n) is 6.28. The molecule has 0 unspecified atom stereocenters. The van der Waals surface area contributed by atoms with Crippen molar-refractivity contribution in [3.63, 3.8) is 0 Å². The summed E-state index contributed by atoms with van der Waals surface area (Å²) in [7, 11) is 0. The Balaban J connectivity index is 1.65. The minimum atomic E-state index is 0.266. The van der Waals surface area contributed by atoms with E-state index in [1.54, 1.807) is 0 Å². The molecule has 0 aliphatic heterocycles. The molecule has 0 atom stereocenters. The standard InChI is InChI=1S/C15H26ClNO/c16-10-9-15(7-8-15)12-17-14(18)11-13-5-3-1-2-4-6-13/h13H,1-12H2,(H,17,18). The Bertz CT molecular complexity index is 268. The van der Waals surface area contributed by atoms with E-state index in [0.29, 0.717) is 11.3 Å². The molecule has 3 heteroatoms. The van der Waals surface area contributed by atoms with Crippen LogP contribution in [0.15, 0.2) is 0 Å². The van der Waals surface area contributed by atoms with Gasteiger partial charge in [0.05, 0.1) is 0 Å². The Morgan fingerprint density at radius 2 is 1.83 bits per heavy atom. The SMILES string of the molecule is O=C(CC1CCCCCC1)NCC1(CCCl)CC1. The van der Waals surface area contributed by atoms with E-state index in [9.17, 15) is 4.79 Å². The quantitative estimate of drug-likeness (QED) is 0.577. The van der Waals surface area contributed by atoms with Crippen molar-refractivity contribution in [3.05, 3.63) is 0 Å². The summed E-state index contributed by atoms with van der Waals surface area (Å²) in [6, 6.07) is 0. The van der Waals surface area contributed by atoms with Crippen molar-refractivity contribution in [2.24, 2.45) is 11.3 Å². The fourth-order valence-corrected chi connectivity index (χ4v) is 3.48. The number of carbonyl (C=O) groups is 1. The van der Waals surface area contributed by atoms with E-state index in [1.807, 2.05) is 0 Å². The van der Waals surface area contributed by atoms with Crippen LogP contribution in [0, 0.1) is 11.3 Å². The molecule has 0 aromatic rings. The first kappa shape index (κ1) is 14.2. The fourth-order valence-electron chi connectivity index (χ4n) is 3.08. The van der Waals surface area contributed by atoms with Crippen LogP contribution < -0.4 is 5.32 Å². The second kappa shape index (κ2) is 6.79. The number of hydrogen-bond donors (Lipinski definition) is 1. The largest absolute Gasteiger partial charge is 0.356 e. The predicted octanol–water partition coefficient (Wildman–Crippen LogP) is 3.87. The maximum absolute atomic E-state index is 12.0. The maximum atomic E-state index is 12.0. The van der Waals surface area contributed by atoms with E-state index in [0.717, 1.165) is 25.3 Å². The highest BCUT2D eigenvalue weighted by atomic mass is 35.5. The van der Waals surface area contributed by atoms with E-state index in [-0.39, 0.29) is 5.91 Å².